The van der Waals surface area contributed by atoms with Crippen LogP contribution in [0.2, 0.25) is 0 Å². The Morgan fingerprint density at radius 3 is 2.83 bits per heavy atom. The molecule has 0 aliphatic carbocycles. The third kappa shape index (κ3) is 1.97. The quantitative estimate of drug-likeness (QED) is 0.641. The zero-order chi connectivity index (χ0) is 8.39. The van der Waals surface area contributed by atoms with Crippen LogP contribution in [-0.2, 0) is 4.74 Å². The van der Waals surface area contributed by atoms with Crippen LogP contribution in [0.15, 0.2) is 0 Å². The van der Waals surface area contributed by atoms with Gasteiger partial charge in [-0.05, 0) is 20.0 Å². The van der Waals surface area contributed by atoms with Gasteiger partial charge in [0.05, 0.1) is 13.2 Å². The van der Waals surface area contributed by atoms with Crippen LogP contribution in [0.3, 0.4) is 0 Å². The second-order valence-electron chi connectivity index (χ2n) is 4.06. The molecule has 70 valence electrons. The second kappa shape index (κ2) is 3.73. The molecule has 2 heterocycles. The normalized spacial score (nSPS) is 32.2. The Kier molecular flexibility index (Phi) is 2.63. The maximum absolute atomic E-state index is 5.12. The Morgan fingerprint density at radius 1 is 1.50 bits per heavy atom. The van der Waals surface area contributed by atoms with Crippen LogP contribution in [0, 0.1) is 5.92 Å². The van der Waals surface area contributed by atoms with Crippen LogP contribution in [0.1, 0.15) is 6.42 Å². The van der Waals surface area contributed by atoms with E-state index in [2.05, 4.69) is 17.3 Å². The highest BCUT2D eigenvalue weighted by atomic mass is 16.5. The number of nitrogens with one attached hydrogen (secondary N) is 1. The van der Waals surface area contributed by atoms with Crippen LogP contribution in [0.25, 0.3) is 0 Å². The summed E-state index contributed by atoms with van der Waals surface area (Å²) >= 11 is 0. The summed E-state index contributed by atoms with van der Waals surface area (Å²) < 4.78 is 5.12. The molecular formula is C9H18N2O. The van der Waals surface area contributed by atoms with E-state index in [1.165, 1.54) is 19.5 Å². The zero-order valence-corrected chi connectivity index (χ0v) is 7.75. The lowest BCUT2D eigenvalue weighted by Crippen LogP contribution is -2.41. The third-order valence-corrected chi connectivity index (χ3v) is 2.79. The highest BCUT2D eigenvalue weighted by Gasteiger charge is 2.22. The number of ether oxygens (including phenoxy) is 1. The molecule has 2 rings (SSSR count). The van der Waals surface area contributed by atoms with Gasteiger partial charge < -0.3 is 15.0 Å². The van der Waals surface area contributed by atoms with Gasteiger partial charge in [-0.25, -0.2) is 0 Å². The molecule has 0 unspecified atom stereocenters. The van der Waals surface area contributed by atoms with Gasteiger partial charge in [0.2, 0.25) is 0 Å². The Bertz CT molecular complexity index is 147. The van der Waals surface area contributed by atoms with E-state index in [0.717, 1.165) is 31.7 Å². The summed E-state index contributed by atoms with van der Waals surface area (Å²) in [6.45, 7) is 5.55. The monoisotopic (exact) mass is 170 g/mol. The third-order valence-electron chi connectivity index (χ3n) is 2.79. The smallest absolute Gasteiger partial charge is 0.0528 e. The van der Waals surface area contributed by atoms with E-state index < -0.39 is 0 Å². The first kappa shape index (κ1) is 8.48. The van der Waals surface area contributed by atoms with E-state index >= 15 is 0 Å². The molecule has 3 nitrogen and oxygen atoms in total. The summed E-state index contributed by atoms with van der Waals surface area (Å²) in [4.78, 5) is 2.38. The van der Waals surface area contributed by atoms with Gasteiger partial charge in [-0.3, -0.25) is 0 Å². The van der Waals surface area contributed by atoms with Gasteiger partial charge in [0, 0.05) is 25.0 Å². The van der Waals surface area contributed by atoms with Gasteiger partial charge in [0.1, 0.15) is 0 Å². The van der Waals surface area contributed by atoms with E-state index in [1.54, 1.807) is 0 Å². The topological polar surface area (TPSA) is 24.5 Å². The van der Waals surface area contributed by atoms with E-state index in [0.29, 0.717) is 0 Å². The molecule has 2 fully saturated rings. The van der Waals surface area contributed by atoms with Gasteiger partial charge >= 0.3 is 0 Å². The van der Waals surface area contributed by atoms with Crippen LogP contribution < -0.4 is 5.32 Å². The average molecular weight is 170 g/mol. The van der Waals surface area contributed by atoms with Crippen molar-refractivity contribution in [2.45, 2.75) is 12.5 Å². The average Bonchev–Trinajstić information content (AvgIpc) is 2.32. The maximum Gasteiger partial charge on any atom is 0.0528 e. The number of likely N-dealkylation sites (N-methyl/N-ethyl adjacent to an activating group) is 1. The van der Waals surface area contributed by atoms with Crippen molar-refractivity contribution >= 4 is 0 Å². The van der Waals surface area contributed by atoms with Crippen LogP contribution in [0.4, 0.5) is 0 Å². The predicted molar refractivity (Wildman–Crippen MR) is 48.2 cm³/mol. The van der Waals surface area contributed by atoms with Crippen molar-refractivity contribution in [3.63, 3.8) is 0 Å². The maximum atomic E-state index is 5.12. The summed E-state index contributed by atoms with van der Waals surface area (Å²) in [5.74, 6) is 0.788. The molecule has 2 aliphatic heterocycles. The van der Waals surface area contributed by atoms with Crippen LogP contribution in [0.5, 0.6) is 0 Å². The molecule has 1 atom stereocenters. The molecule has 0 amide bonds. The fraction of sp³-hybridized carbons (Fsp3) is 1.00. The van der Waals surface area contributed by atoms with Crippen LogP contribution >= 0.6 is 0 Å². The molecule has 0 aromatic carbocycles. The molecule has 0 bridgehead atoms. The van der Waals surface area contributed by atoms with Crippen molar-refractivity contribution in [1.29, 1.82) is 0 Å². The Labute approximate surface area is 74.1 Å². The predicted octanol–water partition coefficient (Wildman–Crippen LogP) is -0.0735. The van der Waals surface area contributed by atoms with Crippen LogP contribution in [-0.4, -0.2) is 50.8 Å². The Balaban J connectivity index is 1.60. The fourth-order valence-corrected chi connectivity index (χ4v) is 1.84. The minimum atomic E-state index is 0.732. The lowest BCUT2D eigenvalue weighted by Gasteiger charge is -2.27. The molecule has 0 spiro atoms. The summed E-state index contributed by atoms with van der Waals surface area (Å²) in [6.07, 6.45) is 1.31. The Morgan fingerprint density at radius 2 is 2.33 bits per heavy atom. The zero-order valence-electron chi connectivity index (χ0n) is 7.75. The van der Waals surface area contributed by atoms with E-state index in [9.17, 15) is 0 Å². The summed E-state index contributed by atoms with van der Waals surface area (Å²) in [6, 6.07) is 0.732. The first-order chi connectivity index (χ1) is 5.84. The minimum Gasteiger partial charge on any atom is -0.381 e. The lowest BCUT2D eigenvalue weighted by atomic mass is 10.1. The van der Waals surface area contributed by atoms with Crippen molar-refractivity contribution in [3.8, 4) is 0 Å². The molecule has 0 radical (unpaired) electrons. The van der Waals surface area contributed by atoms with E-state index in [4.69, 9.17) is 4.74 Å². The number of nitrogens with zero attached hydrogens (tertiary/aromatic N) is 1. The fourth-order valence-electron chi connectivity index (χ4n) is 1.84. The molecule has 1 N–H and O–H groups in total. The molecule has 0 aromatic heterocycles. The number of likely N-dealkylation sites (tertiary alicyclic amines) is 1. The molecule has 0 saturated carbocycles. The van der Waals surface area contributed by atoms with Crippen molar-refractivity contribution in [1.82, 2.24) is 10.2 Å². The first-order valence-corrected chi connectivity index (χ1v) is 4.84. The highest BCUT2D eigenvalue weighted by Crippen LogP contribution is 2.10. The van der Waals surface area contributed by atoms with Crippen molar-refractivity contribution < 1.29 is 4.74 Å². The van der Waals surface area contributed by atoms with E-state index in [-0.39, 0.29) is 0 Å². The summed E-state index contributed by atoms with van der Waals surface area (Å²) in [5, 5.41) is 3.59. The Hall–Kier alpha value is -0.120. The van der Waals surface area contributed by atoms with Gasteiger partial charge in [-0.15, -0.1) is 0 Å². The highest BCUT2D eigenvalue weighted by molar-refractivity contribution is 4.80. The van der Waals surface area contributed by atoms with Crippen molar-refractivity contribution in [2.75, 3.05) is 39.9 Å². The summed E-state index contributed by atoms with van der Waals surface area (Å²) in [7, 11) is 2.19. The van der Waals surface area contributed by atoms with Gasteiger partial charge in [-0.2, -0.15) is 0 Å². The standard InChI is InChI=1S/C9H18N2O/c1-11-3-2-9(5-11)10-4-8-6-12-7-8/h8-10H,2-7H2,1H3/t9-/m1/s1. The first-order valence-electron chi connectivity index (χ1n) is 4.84. The number of hydrogen-bond donors (Lipinski definition) is 1. The van der Waals surface area contributed by atoms with E-state index in [1.807, 2.05) is 0 Å². The number of hydrogen-bond acceptors (Lipinski definition) is 3. The SMILES string of the molecule is CN1CC[C@@H](NCC2COC2)C1. The molecular weight excluding hydrogens is 152 g/mol. The summed E-state index contributed by atoms with van der Waals surface area (Å²) in [5.41, 5.74) is 0. The van der Waals surface area contributed by atoms with Crippen molar-refractivity contribution in [2.24, 2.45) is 5.92 Å². The molecule has 2 saturated heterocycles. The van der Waals surface area contributed by atoms with Gasteiger partial charge in [0.25, 0.3) is 0 Å². The minimum absolute atomic E-state index is 0.732. The molecule has 0 aromatic rings. The molecule has 3 heteroatoms. The van der Waals surface area contributed by atoms with Gasteiger partial charge in [0.15, 0.2) is 0 Å². The van der Waals surface area contributed by atoms with Crippen molar-refractivity contribution in [3.05, 3.63) is 0 Å². The van der Waals surface area contributed by atoms with Gasteiger partial charge in [-0.1, -0.05) is 0 Å². The second-order valence-corrected chi connectivity index (χ2v) is 4.06. The largest absolute Gasteiger partial charge is 0.381 e. The number of rotatable bonds is 3. The molecule has 2 aliphatic rings. The lowest BCUT2D eigenvalue weighted by molar-refractivity contribution is -0.0315. The molecule has 12 heavy (non-hydrogen) atoms.